The fraction of sp³-hybridized carbons (Fsp3) is 0.600. The normalized spacial score (nSPS) is 30.6. The molecule has 0 radical (unpaired) electrons. The minimum Gasteiger partial charge on any atom is -0.494 e. The molecule has 1 N–H and O–H groups in total. The Hall–Kier alpha value is -1.13. The molecule has 0 aromatic heterocycles. The van der Waals surface area contributed by atoms with E-state index in [2.05, 4.69) is 4.90 Å². The molecular formula is C15H20FNO2. The number of halogens is 1. The van der Waals surface area contributed by atoms with E-state index in [1.807, 2.05) is 12.1 Å². The molecule has 1 heterocycles. The highest BCUT2D eigenvalue weighted by Crippen LogP contribution is 2.38. The number of aliphatic hydroxyl groups excluding tert-OH is 1. The second-order valence-corrected chi connectivity index (χ2v) is 5.70. The summed E-state index contributed by atoms with van der Waals surface area (Å²) in [6.07, 6.45) is 1.87. The first kappa shape index (κ1) is 12.9. The maximum absolute atomic E-state index is 14.1. The van der Waals surface area contributed by atoms with E-state index in [1.165, 1.54) is 7.11 Å². The quantitative estimate of drug-likeness (QED) is 0.907. The Morgan fingerprint density at radius 1 is 1.37 bits per heavy atom. The molecule has 1 saturated heterocycles. The van der Waals surface area contributed by atoms with Gasteiger partial charge in [0.15, 0.2) is 11.6 Å². The summed E-state index contributed by atoms with van der Waals surface area (Å²) < 4.78 is 19.1. The van der Waals surface area contributed by atoms with Gasteiger partial charge in [-0.3, -0.25) is 4.90 Å². The fourth-order valence-electron chi connectivity index (χ4n) is 3.53. The van der Waals surface area contributed by atoms with E-state index < -0.39 is 0 Å². The van der Waals surface area contributed by atoms with Gasteiger partial charge in [-0.05, 0) is 24.8 Å². The Kier molecular flexibility index (Phi) is 3.46. The van der Waals surface area contributed by atoms with Crippen LogP contribution in [0.4, 0.5) is 4.39 Å². The molecule has 2 fully saturated rings. The van der Waals surface area contributed by atoms with Crippen molar-refractivity contribution in [1.29, 1.82) is 0 Å². The largest absolute Gasteiger partial charge is 0.494 e. The lowest BCUT2D eigenvalue weighted by molar-refractivity contribution is 0.123. The predicted octanol–water partition coefficient (Wildman–Crippen LogP) is 2.04. The van der Waals surface area contributed by atoms with Crippen LogP contribution in [0.3, 0.4) is 0 Å². The molecule has 0 spiro atoms. The van der Waals surface area contributed by atoms with Crippen LogP contribution in [0, 0.1) is 17.7 Å². The maximum atomic E-state index is 14.1. The van der Waals surface area contributed by atoms with Gasteiger partial charge in [-0.1, -0.05) is 12.1 Å². The number of methoxy groups -OCH3 is 1. The van der Waals surface area contributed by atoms with Gasteiger partial charge in [0, 0.05) is 31.1 Å². The second-order valence-electron chi connectivity index (χ2n) is 5.70. The molecule has 3 nitrogen and oxygen atoms in total. The third kappa shape index (κ3) is 2.35. The first-order chi connectivity index (χ1) is 9.19. The number of benzene rings is 1. The van der Waals surface area contributed by atoms with Crippen LogP contribution in [-0.2, 0) is 6.54 Å². The molecule has 0 amide bonds. The highest BCUT2D eigenvalue weighted by Gasteiger charge is 2.41. The van der Waals surface area contributed by atoms with E-state index in [0.717, 1.165) is 25.9 Å². The molecule has 3 rings (SSSR count). The van der Waals surface area contributed by atoms with Gasteiger partial charge in [0.2, 0.25) is 0 Å². The molecule has 1 aromatic rings. The first-order valence-corrected chi connectivity index (χ1v) is 6.91. The molecule has 104 valence electrons. The van der Waals surface area contributed by atoms with Gasteiger partial charge in [0.25, 0.3) is 0 Å². The number of likely N-dealkylation sites (tertiary alicyclic amines) is 1. The SMILES string of the molecule is COc1cccc(CN2CC3CCC(O)C3C2)c1F. The topological polar surface area (TPSA) is 32.7 Å². The van der Waals surface area contributed by atoms with Crippen LogP contribution in [0.25, 0.3) is 0 Å². The van der Waals surface area contributed by atoms with Crippen molar-refractivity contribution in [3.8, 4) is 5.75 Å². The Bertz CT molecular complexity index is 465. The van der Waals surface area contributed by atoms with Crippen LogP contribution in [0.1, 0.15) is 18.4 Å². The van der Waals surface area contributed by atoms with E-state index in [0.29, 0.717) is 29.7 Å². The number of aliphatic hydroxyl groups is 1. The molecule has 2 aliphatic rings. The van der Waals surface area contributed by atoms with Crippen LogP contribution in [0.2, 0.25) is 0 Å². The van der Waals surface area contributed by atoms with E-state index in [-0.39, 0.29) is 11.9 Å². The van der Waals surface area contributed by atoms with Crippen LogP contribution >= 0.6 is 0 Å². The Morgan fingerprint density at radius 3 is 2.95 bits per heavy atom. The van der Waals surface area contributed by atoms with Crippen LogP contribution in [-0.4, -0.2) is 36.3 Å². The monoisotopic (exact) mass is 265 g/mol. The van der Waals surface area contributed by atoms with Crippen LogP contribution < -0.4 is 4.74 Å². The summed E-state index contributed by atoms with van der Waals surface area (Å²) in [7, 11) is 1.48. The fourth-order valence-corrected chi connectivity index (χ4v) is 3.53. The summed E-state index contributed by atoms with van der Waals surface area (Å²) in [6, 6.07) is 5.27. The molecule has 0 bridgehead atoms. The summed E-state index contributed by atoms with van der Waals surface area (Å²) in [4.78, 5) is 2.25. The average Bonchev–Trinajstić information content (AvgIpc) is 2.95. The van der Waals surface area contributed by atoms with Gasteiger partial charge in [0.05, 0.1) is 13.2 Å². The van der Waals surface area contributed by atoms with E-state index in [4.69, 9.17) is 4.74 Å². The van der Waals surface area contributed by atoms with Crippen molar-refractivity contribution in [1.82, 2.24) is 4.90 Å². The molecule has 4 heteroatoms. The zero-order valence-electron chi connectivity index (χ0n) is 11.2. The lowest BCUT2D eigenvalue weighted by atomic mass is 10.00. The number of ether oxygens (including phenoxy) is 1. The van der Waals surface area contributed by atoms with E-state index in [1.54, 1.807) is 6.07 Å². The highest BCUT2D eigenvalue weighted by atomic mass is 19.1. The van der Waals surface area contributed by atoms with Gasteiger partial charge < -0.3 is 9.84 Å². The standard InChI is InChI=1S/C15H20FNO2/c1-19-14-4-2-3-11(15(14)16)8-17-7-10-5-6-13(18)12(10)9-17/h2-4,10,12-13,18H,5-9H2,1H3. The number of hydrogen-bond donors (Lipinski definition) is 1. The molecule has 19 heavy (non-hydrogen) atoms. The molecule has 3 atom stereocenters. The van der Waals surface area contributed by atoms with Crippen molar-refractivity contribution in [2.75, 3.05) is 20.2 Å². The van der Waals surface area contributed by atoms with Crippen molar-refractivity contribution in [2.24, 2.45) is 11.8 Å². The molecule has 1 aliphatic carbocycles. The average molecular weight is 265 g/mol. The van der Waals surface area contributed by atoms with Crippen LogP contribution in [0.15, 0.2) is 18.2 Å². The zero-order chi connectivity index (χ0) is 13.4. The van der Waals surface area contributed by atoms with Gasteiger partial charge in [0.1, 0.15) is 0 Å². The second kappa shape index (κ2) is 5.10. The Labute approximate surface area is 113 Å². The predicted molar refractivity (Wildman–Crippen MR) is 70.4 cm³/mol. The maximum Gasteiger partial charge on any atom is 0.169 e. The van der Waals surface area contributed by atoms with E-state index >= 15 is 0 Å². The van der Waals surface area contributed by atoms with Gasteiger partial charge in [-0.15, -0.1) is 0 Å². The number of fused-ring (bicyclic) bond motifs is 1. The summed E-state index contributed by atoms with van der Waals surface area (Å²) in [6.45, 7) is 2.45. The summed E-state index contributed by atoms with van der Waals surface area (Å²) in [5, 5.41) is 9.90. The van der Waals surface area contributed by atoms with Crippen molar-refractivity contribution < 1.29 is 14.2 Å². The Balaban J connectivity index is 1.70. The van der Waals surface area contributed by atoms with Crippen molar-refractivity contribution in [2.45, 2.75) is 25.5 Å². The lowest BCUT2D eigenvalue weighted by Crippen LogP contribution is -2.24. The summed E-state index contributed by atoms with van der Waals surface area (Å²) in [5.74, 6) is 1.01. The van der Waals surface area contributed by atoms with Crippen LogP contribution in [0.5, 0.6) is 5.75 Å². The number of nitrogens with zero attached hydrogens (tertiary/aromatic N) is 1. The van der Waals surface area contributed by atoms with E-state index in [9.17, 15) is 9.50 Å². The minimum absolute atomic E-state index is 0.162. The van der Waals surface area contributed by atoms with Gasteiger partial charge >= 0.3 is 0 Å². The minimum atomic E-state index is -0.261. The third-order valence-electron chi connectivity index (χ3n) is 4.55. The molecule has 1 saturated carbocycles. The molecule has 1 aliphatic heterocycles. The van der Waals surface area contributed by atoms with Crippen molar-refractivity contribution >= 4 is 0 Å². The van der Waals surface area contributed by atoms with Crippen molar-refractivity contribution in [3.63, 3.8) is 0 Å². The summed E-state index contributed by atoms with van der Waals surface area (Å²) in [5.41, 5.74) is 0.675. The molecule has 1 aromatic carbocycles. The van der Waals surface area contributed by atoms with Gasteiger partial charge in [-0.25, -0.2) is 4.39 Å². The zero-order valence-corrected chi connectivity index (χ0v) is 11.2. The number of hydrogen-bond acceptors (Lipinski definition) is 3. The number of rotatable bonds is 3. The van der Waals surface area contributed by atoms with Crippen molar-refractivity contribution in [3.05, 3.63) is 29.6 Å². The van der Waals surface area contributed by atoms with Gasteiger partial charge in [-0.2, -0.15) is 0 Å². The molecule has 3 unspecified atom stereocenters. The summed E-state index contributed by atoms with van der Waals surface area (Å²) >= 11 is 0. The molecular weight excluding hydrogens is 245 g/mol. The third-order valence-corrected chi connectivity index (χ3v) is 4.55. The first-order valence-electron chi connectivity index (χ1n) is 6.91. The Morgan fingerprint density at radius 2 is 2.21 bits per heavy atom. The smallest absolute Gasteiger partial charge is 0.169 e. The lowest BCUT2D eigenvalue weighted by Gasteiger charge is -2.18. The highest BCUT2D eigenvalue weighted by molar-refractivity contribution is 5.31.